The quantitative estimate of drug-likeness (QED) is 0.564. The number of nitrogens with zero attached hydrogens (tertiary/aromatic N) is 2. The summed E-state index contributed by atoms with van der Waals surface area (Å²) in [7, 11) is 1.58. The van der Waals surface area contributed by atoms with E-state index in [1.165, 1.54) is 23.5 Å². The molecule has 5 nitrogen and oxygen atoms in total. The topological polar surface area (TPSA) is 52.8 Å². The van der Waals surface area contributed by atoms with Crippen molar-refractivity contribution < 1.29 is 18.7 Å². The molecule has 0 saturated heterocycles. The number of hydrogen-bond donors (Lipinski definition) is 0. The molecule has 1 aromatic heterocycles. The molecule has 0 unspecified atom stereocenters. The van der Waals surface area contributed by atoms with Crippen molar-refractivity contribution in [3.8, 4) is 5.75 Å². The van der Waals surface area contributed by atoms with E-state index in [1.54, 1.807) is 13.2 Å². The van der Waals surface area contributed by atoms with Crippen LogP contribution >= 0.6 is 11.3 Å². The van der Waals surface area contributed by atoms with Crippen LogP contribution in [0.25, 0.3) is 10.2 Å². The van der Waals surface area contributed by atoms with Gasteiger partial charge in [-0.1, -0.05) is 29.0 Å². The Hall–Kier alpha value is -2.51. The van der Waals surface area contributed by atoms with Crippen LogP contribution < -0.4 is 9.54 Å². The number of benzene rings is 2. The lowest BCUT2D eigenvalue weighted by atomic mass is 10.1. The molecule has 1 heterocycles. The fourth-order valence-corrected chi connectivity index (χ4v) is 4.10. The minimum Gasteiger partial charge on any atom is -0.496 e. The number of hydrogen-bond acceptors (Lipinski definition) is 4. The number of fused-ring (bicyclic) bond motifs is 1. The number of amides is 1. The average molecular weight is 402 g/mol. The Morgan fingerprint density at radius 2 is 2.07 bits per heavy atom. The summed E-state index contributed by atoms with van der Waals surface area (Å²) in [5, 5.41) is 0. The molecule has 1 amide bonds. The summed E-state index contributed by atoms with van der Waals surface area (Å²) in [6, 6.07) is 10.3. The molecule has 3 aromatic rings. The number of ether oxygens (including phenoxy) is 2. The standard InChI is InChI=1S/C21H23FN2O3S/c1-4-27-10-9-24-17-7-6-16(22)13-19(17)28-21(24)23-20(25)12-15-11-14(2)5-8-18(15)26-3/h5-8,11,13H,4,9-10,12H2,1-3H3. The van der Waals surface area contributed by atoms with Gasteiger partial charge in [-0.15, -0.1) is 0 Å². The highest BCUT2D eigenvalue weighted by molar-refractivity contribution is 7.16. The summed E-state index contributed by atoms with van der Waals surface area (Å²) in [6.45, 7) is 5.53. The Bertz CT molecular complexity index is 1060. The molecule has 148 valence electrons. The van der Waals surface area contributed by atoms with Crippen LogP contribution in [0.5, 0.6) is 5.75 Å². The van der Waals surface area contributed by atoms with Gasteiger partial charge in [0.1, 0.15) is 11.6 Å². The minimum atomic E-state index is -0.312. The summed E-state index contributed by atoms with van der Waals surface area (Å²) >= 11 is 1.30. The number of aryl methyl sites for hydroxylation is 1. The van der Waals surface area contributed by atoms with Crippen molar-refractivity contribution in [1.29, 1.82) is 0 Å². The second-order valence-corrected chi connectivity index (χ2v) is 7.35. The Morgan fingerprint density at radius 3 is 2.82 bits per heavy atom. The molecule has 0 N–H and O–H groups in total. The number of carbonyl (C=O) groups is 1. The first-order chi connectivity index (χ1) is 13.5. The average Bonchev–Trinajstić information content (AvgIpc) is 2.98. The van der Waals surface area contributed by atoms with Crippen LogP contribution in [0.15, 0.2) is 41.4 Å². The van der Waals surface area contributed by atoms with Crippen molar-refractivity contribution in [2.75, 3.05) is 20.3 Å². The van der Waals surface area contributed by atoms with Crippen LogP contribution in [0.4, 0.5) is 4.39 Å². The fraction of sp³-hybridized carbons (Fsp3) is 0.333. The molecule has 28 heavy (non-hydrogen) atoms. The van der Waals surface area contributed by atoms with Crippen LogP contribution in [-0.4, -0.2) is 30.8 Å². The van der Waals surface area contributed by atoms with Crippen molar-refractivity contribution >= 4 is 27.5 Å². The van der Waals surface area contributed by atoms with E-state index < -0.39 is 0 Å². The monoisotopic (exact) mass is 402 g/mol. The van der Waals surface area contributed by atoms with Crippen LogP contribution in [0.3, 0.4) is 0 Å². The highest BCUT2D eigenvalue weighted by Gasteiger charge is 2.12. The van der Waals surface area contributed by atoms with Crippen molar-refractivity contribution in [3.05, 3.63) is 58.1 Å². The smallest absolute Gasteiger partial charge is 0.252 e. The first-order valence-corrected chi connectivity index (χ1v) is 9.91. The van der Waals surface area contributed by atoms with E-state index in [0.29, 0.717) is 30.3 Å². The fourth-order valence-electron chi connectivity index (χ4n) is 3.00. The first-order valence-electron chi connectivity index (χ1n) is 9.09. The van der Waals surface area contributed by atoms with Gasteiger partial charge in [-0.3, -0.25) is 4.79 Å². The third-order valence-electron chi connectivity index (χ3n) is 4.31. The second-order valence-electron chi connectivity index (χ2n) is 6.34. The SMILES string of the molecule is CCOCCn1c(=NC(=O)Cc2cc(C)ccc2OC)sc2cc(F)ccc21. The second kappa shape index (κ2) is 9.12. The third kappa shape index (κ3) is 4.66. The van der Waals surface area contributed by atoms with Crippen molar-refractivity contribution in [2.45, 2.75) is 26.8 Å². The highest BCUT2D eigenvalue weighted by Crippen LogP contribution is 2.21. The number of rotatable bonds is 7. The van der Waals surface area contributed by atoms with Crippen molar-refractivity contribution in [3.63, 3.8) is 0 Å². The zero-order chi connectivity index (χ0) is 20.1. The lowest BCUT2D eigenvalue weighted by Crippen LogP contribution is -2.20. The van der Waals surface area contributed by atoms with Gasteiger partial charge in [0.25, 0.3) is 5.91 Å². The lowest BCUT2D eigenvalue weighted by Gasteiger charge is -2.08. The third-order valence-corrected chi connectivity index (χ3v) is 5.35. The van der Waals surface area contributed by atoms with Crippen molar-refractivity contribution in [1.82, 2.24) is 4.57 Å². The van der Waals surface area contributed by atoms with Gasteiger partial charge in [0.15, 0.2) is 4.80 Å². The molecule has 0 bridgehead atoms. The Labute approximate surface area is 167 Å². The van der Waals surface area contributed by atoms with E-state index in [0.717, 1.165) is 21.3 Å². The minimum absolute atomic E-state index is 0.138. The molecule has 0 atom stereocenters. The van der Waals surface area contributed by atoms with E-state index in [9.17, 15) is 9.18 Å². The Morgan fingerprint density at radius 1 is 1.25 bits per heavy atom. The van der Waals surface area contributed by atoms with E-state index >= 15 is 0 Å². The number of thiazole rings is 1. The molecule has 2 aromatic carbocycles. The molecule has 3 rings (SSSR count). The number of halogens is 1. The molecule has 0 fully saturated rings. The molecule has 0 aliphatic carbocycles. The predicted molar refractivity (Wildman–Crippen MR) is 108 cm³/mol. The van der Waals surface area contributed by atoms with E-state index in [2.05, 4.69) is 4.99 Å². The molecular formula is C21H23FN2O3S. The maximum Gasteiger partial charge on any atom is 0.252 e. The maximum atomic E-state index is 13.6. The van der Waals surface area contributed by atoms with E-state index in [4.69, 9.17) is 9.47 Å². The summed E-state index contributed by atoms with van der Waals surface area (Å²) in [5.74, 6) is 0.0750. The van der Waals surface area contributed by atoms with Crippen LogP contribution in [0.2, 0.25) is 0 Å². The van der Waals surface area contributed by atoms with Crippen LogP contribution in [0, 0.1) is 12.7 Å². The molecule has 0 radical (unpaired) electrons. The summed E-state index contributed by atoms with van der Waals surface area (Å²) in [5.41, 5.74) is 2.68. The molecule has 0 saturated carbocycles. The summed E-state index contributed by atoms with van der Waals surface area (Å²) in [6.07, 6.45) is 0.138. The van der Waals surface area contributed by atoms with Gasteiger partial charge in [-0.2, -0.15) is 4.99 Å². The number of carbonyl (C=O) groups excluding carboxylic acids is 1. The zero-order valence-corrected chi connectivity index (χ0v) is 17.0. The van der Waals surface area contributed by atoms with Gasteiger partial charge in [0.05, 0.1) is 30.4 Å². The van der Waals surface area contributed by atoms with Gasteiger partial charge in [-0.25, -0.2) is 4.39 Å². The van der Waals surface area contributed by atoms with Gasteiger partial charge >= 0.3 is 0 Å². The van der Waals surface area contributed by atoms with Crippen molar-refractivity contribution in [2.24, 2.45) is 4.99 Å². The molecule has 0 spiro atoms. The van der Waals surface area contributed by atoms with E-state index in [1.807, 2.05) is 36.6 Å². The van der Waals surface area contributed by atoms with Crippen LogP contribution in [-0.2, 0) is 22.5 Å². The van der Waals surface area contributed by atoms with Gasteiger partial charge in [0.2, 0.25) is 0 Å². The van der Waals surface area contributed by atoms with Gasteiger partial charge in [0, 0.05) is 18.7 Å². The zero-order valence-electron chi connectivity index (χ0n) is 16.2. The first kappa shape index (κ1) is 20.2. The highest BCUT2D eigenvalue weighted by atomic mass is 32.1. The normalized spacial score (nSPS) is 11.9. The predicted octanol–water partition coefficient (Wildman–Crippen LogP) is 3.87. The summed E-state index contributed by atoms with van der Waals surface area (Å²) in [4.78, 5) is 17.5. The Balaban J connectivity index is 1.97. The molecule has 0 aliphatic rings. The number of aromatic nitrogens is 1. The molecule has 0 aliphatic heterocycles. The summed E-state index contributed by atoms with van der Waals surface area (Å²) < 4.78 is 27.1. The van der Waals surface area contributed by atoms with E-state index in [-0.39, 0.29) is 18.1 Å². The van der Waals surface area contributed by atoms with Gasteiger partial charge < -0.3 is 14.0 Å². The Kier molecular flexibility index (Phi) is 6.59. The maximum absolute atomic E-state index is 13.6. The molecular weight excluding hydrogens is 379 g/mol. The van der Waals surface area contributed by atoms with Gasteiger partial charge in [-0.05, 0) is 38.1 Å². The number of methoxy groups -OCH3 is 1. The van der Waals surface area contributed by atoms with Crippen LogP contribution in [0.1, 0.15) is 18.1 Å². The largest absolute Gasteiger partial charge is 0.496 e. The lowest BCUT2D eigenvalue weighted by molar-refractivity contribution is -0.117. The molecule has 7 heteroatoms.